The van der Waals surface area contributed by atoms with Crippen molar-refractivity contribution >= 4 is 40.3 Å². The molecule has 2 aromatic heterocycles. The fourth-order valence-electron chi connectivity index (χ4n) is 6.15. The number of amides is 4. The summed E-state index contributed by atoms with van der Waals surface area (Å²) in [6.07, 6.45) is 9.69. The van der Waals surface area contributed by atoms with Crippen LogP contribution in [0.4, 0.5) is 10.1 Å². The molecule has 12 heteroatoms. The largest absolute Gasteiger partial charge is 0.385 e. The van der Waals surface area contributed by atoms with E-state index in [0.717, 1.165) is 41.8 Å². The number of fused-ring (bicyclic) bond motifs is 2. The number of imide groups is 2. The number of carbonyl (C=O) groups excluding carboxylic acids is 4. The van der Waals surface area contributed by atoms with Crippen LogP contribution in [0.5, 0.6) is 0 Å². The Morgan fingerprint density at radius 1 is 0.977 bits per heavy atom. The first kappa shape index (κ1) is 26.9. The quantitative estimate of drug-likeness (QED) is 0.236. The molecule has 3 aliphatic rings. The highest BCUT2D eigenvalue weighted by Gasteiger charge is 2.44. The molecule has 4 amide bonds. The van der Waals surface area contributed by atoms with E-state index in [-0.39, 0.29) is 29.8 Å². The lowest BCUT2D eigenvalue weighted by Gasteiger charge is -2.35. The monoisotopic (exact) mass is 581 g/mol. The lowest BCUT2D eigenvalue weighted by atomic mass is 9.77. The van der Waals surface area contributed by atoms with E-state index in [4.69, 9.17) is 0 Å². The van der Waals surface area contributed by atoms with E-state index in [1.54, 1.807) is 36.7 Å². The second-order valence-corrected chi connectivity index (χ2v) is 11.4. The molecule has 4 heterocycles. The van der Waals surface area contributed by atoms with Crippen molar-refractivity contribution in [2.24, 2.45) is 5.92 Å². The minimum atomic E-state index is -0.973. The molecule has 218 valence electrons. The molecule has 1 aliphatic carbocycles. The smallest absolute Gasteiger partial charge is 0.262 e. The average Bonchev–Trinajstić information content (AvgIpc) is 3.55. The van der Waals surface area contributed by atoms with Gasteiger partial charge in [-0.3, -0.25) is 39.1 Å². The van der Waals surface area contributed by atoms with Crippen molar-refractivity contribution in [1.29, 1.82) is 0 Å². The van der Waals surface area contributed by atoms with Crippen LogP contribution >= 0.6 is 0 Å². The average molecular weight is 582 g/mol. The number of anilines is 1. The molecule has 1 saturated carbocycles. The van der Waals surface area contributed by atoms with Gasteiger partial charge in [-0.25, -0.2) is 9.37 Å². The van der Waals surface area contributed by atoms with E-state index in [1.165, 1.54) is 12.1 Å². The summed E-state index contributed by atoms with van der Waals surface area (Å²) in [5.41, 5.74) is 3.93. The molecule has 0 bridgehead atoms. The molecule has 1 atom stereocenters. The summed E-state index contributed by atoms with van der Waals surface area (Å²) < 4.78 is 15.6. The van der Waals surface area contributed by atoms with E-state index >= 15 is 0 Å². The van der Waals surface area contributed by atoms with Crippen LogP contribution in [0.2, 0.25) is 0 Å². The first-order valence-electron chi connectivity index (χ1n) is 14.4. The number of benzene rings is 2. The Bertz CT molecular complexity index is 1800. The molecule has 1 saturated heterocycles. The third-order valence-electron chi connectivity index (χ3n) is 8.54. The van der Waals surface area contributed by atoms with E-state index in [2.05, 4.69) is 25.7 Å². The summed E-state index contributed by atoms with van der Waals surface area (Å²) in [6.45, 7) is 0.714. The van der Waals surface area contributed by atoms with Crippen molar-refractivity contribution in [2.75, 3.05) is 11.9 Å². The summed E-state index contributed by atoms with van der Waals surface area (Å²) in [4.78, 5) is 59.5. The summed E-state index contributed by atoms with van der Waals surface area (Å²) in [6, 6.07) is 8.75. The van der Waals surface area contributed by atoms with Crippen LogP contribution in [-0.2, 0) is 9.59 Å². The third-order valence-corrected chi connectivity index (χ3v) is 8.54. The van der Waals surface area contributed by atoms with Gasteiger partial charge >= 0.3 is 0 Å². The number of piperidine rings is 1. The highest BCUT2D eigenvalue weighted by atomic mass is 19.1. The lowest BCUT2D eigenvalue weighted by molar-refractivity contribution is -0.136. The van der Waals surface area contributed by atoms with E-state index in [9.17, 15) is 23.6 Å². The van der Waals surface area contributed by atoms with Gasteiger partial charge in [0.05, 0.1) is 46.3 Å². The van der Waals surface area contributed by atoms with Gasteiger partial charge in [0.2, 0.25) is 11.8 Å². The SMILES string of the molecule is O=C1CCC(N2C(=O)c3ccc(NCCC[C@H]4C[C@H](n5cc(-c6cnc7ccc(F)cc7n6)cn5)C4)cc3C2=O)C(=O)N1. The van der Waals surface area contributed by atoms with Crippen molar-refractivity contribution in [1.82, 2.24) is 30.0 Å². The first-order valence-corrected chi connectivity index (χ1v) is 14.4. The number of carbonyl (C=O) groups is 4. The minimum Gasteiger partial charge on any atom is -0.385 e. The Balaban J connectivity index is 0.891. The van der Waals surface area contributed by atoms with Crippen LogP contribution in [0, 0.1) is 11.7 Å². The Kier molecular flexibility index (Phi) is 6.68. The highest BCUT2D eigenvalue weighted by Crippen LogP contribution is 2.40. The molecule has 2 aliphatic heterocycles. The molecule has 0 spiro atoms. The van der Waals surface area contributed by atoms with Crippen molar-refractivity contribution < 1.29 is 23.6 Å². The van der Waals surface area contributed by atoms with Gasteiger partial charge in [0.15, 0.2) is 0 Å². The maximum Gasteiger partial charge on any atom is 0.262 e. The molecule has 0 radical (unpaired) electrons. The zero-order valence-electron chi connectivity index (χ0n) is 23.1. The predicted octanol–water partition coefficient (Wildman–Crippen LogP) is 3.88. The maximum absolute atomic E-state index is 13.6. The molecule has 7 rings (SSSR count). The van der Waals surface area contributed by atoms with E-state index < -0.39 is 29.7 Å². The number of nitrogens with zero attached hydrogens (tertiary/aromatic N) is 5. The number of hydrogen-bond donors (Lipinski definition) is 2. The van der Waals surface area contributed by atoms with Gasteiger partial charge in [0, 0.05) is 36.5 Å². The van der Waals surface area contributed by atoms with Crippen molar-refractivity contribution in [3.05, 3.63) is 71.9 Å². The molecule has 2 fully saturated rings. The summed E-state index contributed by atoms with van der Waals surface area (Å²) in [7, 11) is 0. The third kappa shape index (κ3) is 5.02. The van der Waals surface area contributed by atoms with Gasteiger partial charge in [0.25, 0.3) is 11.8 Å². The molecule has 2 aromatic carbocycles. The number of hydrogen-bond acceptors (Lipinski definition) is 8. The number of nitrogens with one attached hydrogen (secondary N) is 2. The Morgan fingerprint density at radius 3 is 2.65 bits per heavy atom. The zero-order chi connectivity index (χ0) is 29.7. The summed E-state index contributed by atoms with van der Waals surface area (Å²) in [5.74, 6) is -1.80. The Hall–Kier alpha value is -5.00. The van der Waals surface area contributed by atoms with Crippen LogP contribution in [0.1, 0.15) is 65.3 Å². The second-order valence-electron chi connectivity index (χ2n) is 11.4. The van der Waals surface area contributed by atoms with Crippen molar-refractivity contribution in [3.8, 4) is 11.3 Å². The van der Waals surface area contributed by atoms with Crippen LogP contribution in [0.25, 0.3) is 22.3 Å². The number of aromatic nitrogens is 4. The fraction of sp³-hybridized carbons (Fsp3) is 0.323. The van der Waals surface area contributed by atoms with E-state index in [0.29, 0.717) is 35.2 Å². The van der Waals surface area contributed by atoms with Gasteiger partial charge < -0.3 is 5.32 Å². The predicted molar refractivity (Wildman–Crippen MR) is 153 cm³/mol. The molecular formula is C31H28FN7O4. The second kappa shape index (κ2) is 10.7. The molecule has 43 heavy (non-hydrogen) atoms. The van der Waals surface area contributed by atoms with Gasteiger partial charge in [-0.1, -0.05) is 0 Å². The Labute approximate surface area is 245 Å². The normalized spacial score (nSPS) is 21.6. The van der Waals surface area contributed by atoms with Crippen LogP contribution in [-0.4, -0.2) is 60.9 Å². The standard InChI is InChI=1S/C31H28FN7O4/c32-19-3-6-24-25(12-19)36-26(15-34-24)18-14-35-38(16-18)21-10-17(11-21)2-1-9-33-20-4-5-22-23(13-20)31(43)39(30(22)42)27-7-8-28(40)37-29(27)41/h3-6,12-17,21,27,33H,1-2,7-11H2,(H,37,40,41)/t17-,21-,27?. The molecule has 4 aromatic rings. The van der Waals surface area contributed by atoms with Gasteiger partial charge in [0.1, 0.15) is 11.9 Å². The zero-order valence-corrected chi connectivity index (χ0v) is 23.1. The van der Waals surface area contributed by atoms with Crippen LogP contribution in [0.15, 0.2) is 55.0 Å². The van der Waals surface area contributed by atoms with Crippen LogP contribution in [0.3, 0.4) is 0 Å². The summed E-state index contributed by atoms with van der Waals surface area (Å²) >= 11 is 0. The topological polar surface area (TPSA) is 139 Å². The Morgan fingerprint density at radius 2 is 1.81 bits per heavy atom. The van der Waals surface area contributed by atoms with Gasteiger partial charge in [-0.05, 0) is 68.4 Å². The molecule has 2 N–H and O–H groups in total. The first-order chi connectivity index (χ1) is 20.8. The van der Waals surface area contributed by atoms with Gasteiger partial charge in [-0.2, -0.15) is 5.10 Å². The maximum atomic E-state index is 13.6. The molecular weight excluding hydrogens is 553 g/mol. The fourth-order valence-corrected chi connectivity index (χ4v) is 6.15. The van der Waals surface area contributed by atoms with Crippen molar-refractivity contribution in [2.45, 2.75) is 50.6 Å². The highest BCUT2D eigenvalue weighted by molar-refractivity contribution is 6.23. The molecule has 11 nitrogen and oxygen atoms in total. The van der Waals surface area contributed by atoms with Crippen LogP contribution < -0.4 is 10.6 Å². The molecule has 1 unspecified atom stereocenters. The lowest BCUT2D eigenvalue weighted by Crippen LogP contribution is -2.54. The van der Waals surface area contributed by atoms with E-state index in [1.807, 2.05) is 10.9 Å². The number of halogens is 1. The van der Waals surface area contributed by atoms with Crippen molar-refractivity contribution in [3.63, 3.8) is 0 Å². The number of rotatable bonds is 8. The van der Waals surface area contributed by atoms with Gasteiger partial charge in [-0.15, -0.1) is 0 Å². The minimum absolute atomic E-state index is 0.0884. The summed E-state index contributed by atoms with van der Waals surface area (Å²) in [5, 5.41) is 10.1.